The summed E-state index contributed by atoms with van der Waals surface area (Å²) in [6.07, 6.45) is -0.510. The van der Waals surface area contributed by atoms with Gasteiger partial charge in [-0.3, -0.25) is 4.79 Å². The molecule has 0 saturated carbocycles. The summed E-state index contributed by atoms with van der Waals surface area (Å²) in [5, 5.41) is 0.862. The van der Waals surface area contributed by atoms with Gasteiger partial charge in [0, 0.05) is 19.2 Å². The van der Waals surface area contributed by atoms with Crippen molar-refractivity contribution >= 4 is 29.1 Å². The van der Waals surface area contributed by atoms with E-state index in [0.717, 1.165) is 0 Å². The molecular formula is C15H19Cl2NO3. The molecule has 1 aromatic carbocycles. The lowest BCUT2D eigenvalue weighted by atomic mass is 10.2. The minimum Gasteiger partial charge on any atom is -0.481 e. The smallest absolute Gasteiger partial charge is 0.263 e. The molecule has 0 radical (unpaired) electrons. The molecule has 6 heteroatoms. The SMILES string of the molecule is CC1CN(C(=O)C(C)Oc2ccc(Cl)c(Cl)c2)CC(C)O1. The van der Waals surface area contributed by atoms with E-state index in [2.05, 4.69) is 0 Å². The standard InChI is InChI=1S/C15H19Cl2NO3/c1-9-7-18(8-10(2)20-9)15(19)11(3)21-12-4-5-13(16)14(17)6-12/h4-6,9-11H,7-8H2,1-3H3. The number of nitrogens with zero attached hydrogens (tertiary/aromatic N) is 1. The van der Waals surface area contributed by atoms with Crippen LogP contribution in [0.4, 0.5) is 0 Å². The first-order chi connectivity index (χ1) is 9.86. The van der Waals surface area contributed by atoms with Crippen molar-refractivity contribution < 1.29 is 14.3 Å². The van der Waals surface area contributed by atoms with Crippen molar-refractivity contribution in [3.8, 4) is 5.75 Å². The number of amides is 1. The number of hydrogen-bond acceptors (Lipinski definition) is 3. The van der Waals surface area contributed by atoms with Gasteiger partial charge < -0.3 is 14.4 Å². The second-order valence-corrected chi connectivity index (χ2v) is 6.15. The summed E-state index contributed by atoms with van der Waals surface area (Å²) < 4.78 is 11.3. The topological polar surface area (TPSA) is 38.8 Å². The van der Waals surface area contributed by atoms with E-state index >= 15 is 0 Å². The van der Waals surface area contributed by atoms with Crippen molar-refractivity contribution in [1.29, 1.82) is 0 Å². The zero-order chi connectivity index (χ0) is 15.6. The molecule has 1 fully saturated rings. The van der Waals surface area contributed by atoms with Crippen LogP contribution in [-0.2, 0) is 9.53 Å². The third-order valence-electron chi connectivity index (χ3n) is 3.28. The summed E-state index contributed by atoms with van der Waals surface area (Å²) in [4.78, 5) is 14.2. The average molecular weight is 332 g/mol. The van der Waals surface area contributed by atoms with Gasteiger partial charge in [0.05, 0.1) is 22.3 Å². The van der Waals surface area contributed by atoms with Crippen LogP contribution in [0.2, 0.25) is 10.0 Å². The summed E-state index contributed by atoms with van der Waals surface area (Å²) in [5.74, 6) is 0.475. The van der Waals surface area contributed by atoms with Crippen LogP contribution in [0.15, 0.2) is 18.2 Å². The molecule has 3 atom stereocenters. The average Bonchev–Trinajstić information content (AvgIpc) is 2.41. The molecule has 2 rings (SSSR count). The maximum atomic E-state index is 12.4. The molecule has 1 aliphatic heterocycles. The molecule has 0 aromatic heterocycles. The van der Waals surface area contributed by atoms with Gasteiger partial charge in [0.1, 0.15) is 5.75 Å². The molecule has 0 N–H and O–H groups in total. The predicted octanol–water partition coefficient (Wildman–Crippen LogP) is 3.40. The molecular weight excluding hydrogens is 313 g/mol. The van der Waals surface area contributed by atoms with Crippen molar-refractivity contribution in [3.63, 3.8) is 0 Å². The number of hydrogen-bond donors (Lipinski definition) is 0. The summed E-state index contributed by atoms with van der Waals surface area (Å²) in [6.45, 7) is 6.81. The highest BCUT2D eigenvalue weighted by Crippen LogP contribution is 2.27. The van der Waals surface area contributed by atoms with Gasteiger partial charge in [0.25, 0.3) is 5.91 Å². The highest BCUT2D eigenvalue weighted by molar-refractivity contribution is 6.42. The Bertz CT molecular complexity index is 514. The second-order valence-electron chi connectivity index (χ2n) is 5.34. The van der Waals surface area contributed by atoms with E-state index in [1.165, 1.54) is 0 Å². The molecule has 3 unspecified atom stereocenters. The van der Waals surface area contributed by atoms with E-state index in [0.29, 0.717) is 28.9 Å². The fourth-order valence-corrected chi connectivity index (χ4v) is 2.71. The van der Waals surface area contributed by atoms with E-state index in [4.69, 9.17) is 32.7 Å². The first-order valence-electron chi connectivity index (χ1n) is 6.92. The quantitative estimate of drug-likeness (QED) is 0.852. The fraction of sp³-hybridized carbons (Fsp3) is 0.533. The number of ether oxygens (including phenoxy) is 2. The Morgan fingerprint density at radius 2 is 1.90 bits per heavy atom. The van der Waals surface area contributed by atoms with Gasteiger partial charge in [-0.05, 0) is 32.9 Å². The van der Waals surface area contributed by atoms with E-state index in [1.54, 1.807) is 30.0 Å². The van der Waals surface area contributed by atoms with Gasteiger partial charge in [0.15, 0.2) is 6.10 Å². The van der Waals surface area contributed by atoms with Crippen LogP contribution in [0.1, 0.15) is 20.8 Å². The van der Waals surface area contributed by atoms with Gasteiger partial charge in [-0.1, -0.05) is 23.2 Å². The van der Waals surface area contributed by atoms with Gasteiger partial charge in [-0.25, -0.2) is 0 Å². The molecule has 1 aliphatic rings. The van der Waals surface area contributed by atoms with Crippen LogP contribution in [0.5, 0.6) is 5.75 Å². The summed E-state index contributed by atoms with van der Waals surface area (Å²) in [7, 11) is 0. The fourth-order valence-electron chi connectivity index (χ4n) is 2.42. The van der Waals surface area contributed by atoms with Crippen LogP contribution >= 0.6 is 23.2 Å². The number of halogens is 2. The molecule has 0 bridgehead atoms. The monoisotopic (exact) mass is 331 g/mol. The Hall–Kier alpha value is -0.970. The van der Waals surface area contributed by atoms with Gasteiger partial charge in [0.2, 0.25) is 0 Å². The molecule has 1 saturated heterocycles. The summed E-state index contributed by atoms with van der Waals surface area (Å²) in [5.41, 5.74) is 0. The zero-order valence-electron chi connectivity index (χ0n) is 12.3. The molecule has 21 heavy (non-hydrogen) atoms. The molecule has 1 amide bonds. The minimum absolute atomic E-state index is 0.0369. The molecule has 116 valence electrons. The van der Waals surface area contributed by atoms with E-state index in [-0.39, 0.29) is 18.1 Å². The summed E-state index contributed by atoms with van der Waals surface area (Å²) >= 11 is 11.8. The van der Waals surface area contributed by atoms with Gasteiger partial charge in [-0.2, -0.15) is 0 Å². The van der Waals surface area contributed by atoms with Crippen LogP contribution in [0.3, 0.4) is 0 Å². The van der Waals surface area contributed by atoms with Crippen LogP contribution in [-0.4, -0.2) is 42.2 Å². The van der Waals surface area contributed by atoms with E-state index in [9.17, 15) is 4.79 Å². The maximum Gasteiger partial charge on any atom is 0.263 e. The van der Waals surface area contributed by atoms with Gasteiger partial charge in [-0.15, -0.1) is 0 Å². The lowest BCUT2D eigenvalue weighted by molar-refractivity contribution is -0.149. The highest BCUT2D eigenvalue weighted by atomic mass is 35.5. The Morgan fingerprint density at radius 3 is 2.48 bits per heavy atom. The molecule has 0 aliphatic carbocycles. The highest BCUT2D eigenvalue weighted by Gasteiger charge is 2.29. The lowest BCUT2D eigenvalue weighted by Gasteiger charge is -2.36. The van der Waals surface area contributed by atoms with Crippen LogP contribution in [0.25, 0.3) is 0 Å². The first-order valence-corrected chi connectivity index (χ1v) is 7.68. The third kappa shape index (κ3) is 4.25. The Morgan fingerprint density at radius 1 is 1.29 bits per heavy atom. The number of rotatable bonds is 3. The van der Waals surface area contributed by atoms with Gasteiger partial charge >= 0.3 is 0 Å². The number of carbonyl (C=O) groups excluding carboxylic acids is 1. The first kappa shape index (κ1) is 16.4. The van der Waals surface area contributed by atoms with Crippen LogP contribution < -0.4 is 4.74 Å². The van der Waals surface area contributed by atoms with Crippen molar-refractivity contribution in [2.45, 2.75) is 39.1 Å². The molecule has 1 heterocycles. The lowest BCUT2D eigenvalue weighted by Crippen LogP contribution is -2.51. The largest absolute Gasteiger partial charge is 0.481 e. The predicted molar refractivity (Wildman–Crippen MR) is 83.1 cm³/mol. The Labute approximate surface area is 134 Å². The zero-order valence-corrected chi connectivity index (χ0v) is 13.8. The van der Waals surface area contributed by atoms with Crippen LogP contribution in [0, 0.1) is 0 Å². The third-order valence-corrected chi connectivity index (χ3v) is 4.02. The van der Waals surface area contributed by atoms with Crippen molar-refractivity contribution in [2.24, 2.45) is 0 Å². The van der Waals surface area contributed by atoms with Crippen molar-refractivity contribution in [3.05, 3.63) is 28.2 Å². The Balaban J connectivity index is 2.00. The summed E-state index contributed by atoms with van der Waals surface area (Å²) in [6, 6.07) is 4.95. The Kier molecular flexibility index (Phi) is 5.36. The van der Waals surface area contributed by atoms with Crippen molar-refractivity contribution in [2.75, 3.05) is 13.1 Å². The van der Waals surface area contributed by atoms with E-state index < -0.39 is 6.10 Å². The van der Waals surface area contributed by atoms with E-state index in [1.807, 2.05) is 13.8 Å². The number of carbonyl (C=O) groups is 1. The minimum atomic E-state index is -0.584. The number of morpholine rings is 1. The molecule has 4 nitrogen and oxygen atoms in total. The molecule has 1 aromatic rings. The normalized spacial score (nSPS) is 23.8. The maximum absolute atomic E-state index is 12.4. The van der Waals surface area contributed by atoms with Crippen molar-refractivity contribution in [1.82, 2.24) is 4.90 Å². The second kappa shape index (κ2) is 6.86. The molecule has 0 spiro atoms. The number of benzene rings is 1.